The van der Waals surface area contributed by atoms with Gasteiger partial charge >= 0.3 is 0 Å². The van der Waals surface area contributed by atoms with Crippen molar-refractivity contribution in [3.63, 3.8) is 0 Å². The van der Waals surface area contributed by atoms with Crippen LogP contribution >= 0.6 is 0 Å². The summed E-state index contributed by atoms with van der Waals surface area (Å²) in [5.41, 5.74) is 3.35. The first-order valence-corrected chi connectivity index (χ1v) is 8.21. The predicted octanol–water partition coefficient (Wildman–Crippen LogP) is 3.47. The van der Waals surface area contributed by atoms with Crippen molar-refractivity contribution in [2.75, 3.05) is 12.4 Å². The Balaban J connectivity index is 1.59. The molecular formula is C20H20N4O2. The van der Waals surface area contributed by atoms with Gasteiger partial charge in [0.1, 0.15) is 17.3 Å². The number of anilines is 2. The molecule has 0 aliphatic carbocycles. The van der Waals surface area contributed by atoms with Crippen LogP contribution in [0.3, 0.4) is 0 Å². The van der Waals surface area contributed by atoms with Crippen LogP contribution in [0.4, 0.5) is 11.5 Å². The zero-order valence-electron chi connectivity index (χ0n) is 14.7. The van der Waals surface area contributed by atoms with E-state index in [0.717, 1.165) is 22.6 Å². The van der Waals surface area contributed by atoms with E-state index in [9.17, 15) is 4.79 Å². The minimum Gasteiger partial charge on any atom is -0.497 e. The molecule has 0 saturated heterocycles. The van der Waals surface area contributed by atoms with Crippen LogP contribution in [0.1, 0.15) is 21.6 Å². The van der Waals surface area contributed by atoms with Gasteiger partial charge in [0.05, 0.1) is 19.5 Å². The number of amides is 1. The normalized spacial score (nSPS) is 10.2. The number of rotatable bonds is 6. The van der Waals surface area contributed by atoms with E-state index in [4.69, 9.17) is 4.74 Å². The molecule has 0 radical (unpaired) electrons. The SMILES string of the molecule is COc1ccc(Nc2cnc(C(=O)NCc3ccccc3C)cn2)cc1. The van der Waals surface area contributed by atoms with Crippen LogP contribution in [0.5, 0.6) is 5.75 Å². The molecule has 0 atom stereocenters. The minimum absolute atomic E-state index is 0.253. The molecule has 0 aliphatic heterocycles. The van der Waals surface area contributed by atoms with Crippen molar-refractivity contribution in [3.05, 3.63) is 77.7 Å². The molecule has 132 valence electrons. The van der Waals surface area contributed by atoms with E-state index in [2.05, 4.69) is 20.6 Å². The smallest absolute Gasteiger partial charge is 0.271 e. The first kappa shape index (κ1) is 17.4. The van der Waals surface area contributed by atoms with Crippen LogP contribution in [-0.4, -0.2) is 23.0 Å². The lowest BCUT2D eigenvalue weighted by Gasteiger charge is -2.08. The highest BCUT2D eigenvalue weighted by molar-refractivity contribution is 5.92. The zero-order chi connectivity index (χ0) is 18.4. The standard InChI is InChI=1S/C20H20N4O2/c1-14-5-3-4-6-15(14)11-23-20(25)18-12-22-19(13-21-18)24-16-7-9-17(26-2)10-8-16/h3-10,12-13H,11H2,1-2H3,(H,22,24)(H,23,25). The maximum absolute atomic E-state index is 12.2. The summed E-state index contributed by atoms with van der Waals surface area (Å²) >= 11 is 0. The van der Waals surface area contributed by atoms with Gasteiger partial charge in [0.15, 0.2) is 0 Å². The van der Waals surface area contributed by atoms with Crippen molar-refractivity contribution in [1.82, 2.24) is 15.3 Å². The Kier molecular flexibility index (Phi) is 5.43. The predicted molar refractivity (Wildman–Crippen MR) is 101 cm³/mol. The molecule has 1 heterocycles. The van der Waals surface area contributed by atoms with E-state index in [1.54, 1.807) is 7.11 Å². The Morgan fingerprint density at radius 2 is 1.81 bits per heavy atom. The van der Waals surface area contributed by atoms with Crippen molar-refractivity contribution in [3.8, 4) is 5.75 Å². The highest BCUT2D eigenvalue weighted by Crippen LogP contribution is 2.18. The molecule has 0 fully saturated rings. The topological polar surface area (TPSA) is 76.1 Å². The third-order valence-electron chi connectivity index (χ3n) is 3.95. The van der Waals surface area contributed by atoms with E-state index < -0.39 is 0 Å². The lowest BCUT2D eigenvalue weighted by atomic mass is 10.1. The molecule has 2 aromatic carbocycles. The summed E-state index contributed by atoms with van der Waals surface area (Å²) in [4.78, 5) is 20.6. The van der Waals surface area contributed by atoms with Crippen molar-refractivity contribution in [2.24, 2.45) is 0 Å². The molecule has 6 nitrogen and oxygen atoms in total. The second kappa shape index (κ2) is 8.11. The summed E-state index contributed by atoms with van der Waals surface area (Å²) in [5.74, 6) is 1.09. The van der Waals surface area contributed by atoms with Crippen LogP contribution in [0.15, 0.2) is 60.9 Å². The summed E-state index contributed by atoms with van der Waals surface area (Å²) in [6, 6.07) is 15.4. The zero-order valence-corrected chi connectivity index (χ0v) is 14.7. The molecular weight excluding hydrogens is 328 g/mol. The van der Waals surface area contributed by atoms with Crippen LogP contribution in [0.25, 0.3) is 0 Å². The summed E-state index contributed by atoms with van der Waals surface area (Å²) in [7, 11) is 1.62. The number of hydrogen-bond acceptors (Lipinski definition) is 5. The quantitative estimate of drug-likeness (QED) is 0.713. The van der Waals surface area contributed by atoms with Crippen LogP contribution in [-0.2, 0) is 6.54 Å². The van der Waals surface area contributed by atoms with Gasteiger partial charge in [-0.25, -0.2) is 9.97 Å². The van der Waals surface area contributed by atoms with Gasteiger partial charge in [0.25, 0.3) is 5.91 Å². The van der Waals surface area contributed by atoms with Crippen LogP contribution < -0.4 is 15.4 Å². The third-order valence-corrected chi connectivity index (χ3v) is 3.95. The highest BCUT2D eigenvalue weighted by Gasteiger charge is 2.08. The summed E-state index contributed by atoms with van der Waals surface area (Å²) in [6.07, 6.45) is 2.99. The molecule has 0 saturated carbocycles. The molecule has 0 spiro atoms. The molecule has 0 bridgehead atoms. The van der Waals surface area contributed by atoms with Crippen molar-refractivity contribution in [2.45, 2.75) is 13.5 Å². The average molecular weight is 348 g/mol. The van der Waals surface area contributed by atoms with Gasteiger partial charge < -0.3 is 15.4 Å². The molecule has 1 amide bonds. The van der Waals surface area contributed by atoms with E-state index in [1.165, 1.54) is 12.4 Å². The number of nitrogens with one attached hydrogen (secondary N) is 2. The first-order valence-electron chi connectivity index (χ1n) is 8.21. The molecule has 0 unspecified atom stereocenters. The fourth-order valence-electron chi connectivity index (χ4n) is 2.41. The Morgan fingerprint density at radius 1 is 1.04 bits per heavy atom. The van der Waals surface area contributed by atoms with Crippen LogP contribution in [0, 0.1) is 6.92 Å². The Bertz CT molecular complexity index is 877. The monoisotopic (exact) mass is 348 g/mol. The number of aromatic nitrogens is 2. The summed E-state index contributed by atoms with van der Waals surface area (Å²) in [5, 5.41) is 5.99. The van der Waals surface area contributed by atoms with Gasteiger partial charge in [-0.15, -0.1) is 0 Å². The molecule has 6 heteroatoms. The fraction of sp³-hybridized carbons (Fsp3) is 0.150. The molecule has 2 N–H and O–H groups in total. The van der Waals surface area contributed by atoms with E-state index in [-0.39, 0.29) is 11.6 Å². The van der Waals surface area contributed by atoms with Gasteiger partial charge in [-0.1, -0.05) is 24.3 Å². The minimum atomic E-state index is -0.253. The second-order valence-electron chi connectivity index (χ2n) is 5.75. The van der Waals surface area contributed by atoms with E-state index >= 15 is 0 Å². The first-order chi connectivity index (χ1) is 12.7. The van der Waals surface area contributed by atoms with Gasteiger partial charge in [0.2, 0.25) is 0 Å². The Hall–Kier alpha value is -3.41. The molecule has 1 aromatic heterocycles. The van der Waals surface area contributed by atoms with Gasteiger partial charge in [-0.3, -0.25) is 4.79 Å². The maximum atomic E-state index is 12.2. The number of nitrogens with zero attached hydrogens (tertiary/aromatic N) is 2. The lowest BCUT2D eigenvalue weighted by Crippen LogP contribution is -2.24. The number of benzene rings is 2. The molecule has 26 heavy (non-hydrogen) atoms. The van der Waals surface area contributed by atoms with Gasteiger partial charge in [-0.05, 0) is 42.3 Å². The largest absolute Gasteiger partial charge is 0.497 e. The van der Waals surface area contributed by atoms with Crippen molar-refractivity contribution >= 4 is 17.4 Å². The number of methoxy groups -OCH3 is 1. The number of ether oxygens (including phenoxy) is 1. The molecule has 0 aliphatic rings. The number of aryl methyl sites for hydroxylation is 1. The molecule has 3 aromatic rings. The number of hydrogen-bond donors (Lipinski definition) is 2. The molecule has 3 rings (SSSR count). The van der Waals surface area contributed by atoms with Gasteiger partial charge in [-0.2, -0.15) is 0 Å². The van der Waals surface area contributed by atoms with Crippen molar-refractivity contribution in [1.29, 1.82) is 0 Å². The van der Waals surface area contributed by atoms with Crippen molar-refractivity contribution < 1.29 is 9.53 Å². The third kappa shape index (κ3) is 4.36. The number of carbonyl (C=O) groups excluding carboxylic acids is 1. The van der Waals surface area contributed by atoms with Crippen LogP contribution in [0.2, 0.25) is 0 Å². The lowest BCUT2D eigenvalue weighted by molar-refractivity contribution is 0.0945. The maximum Gasteiger partial charge on any atom is 0.271 e. The second-order valence-corrected chi connectivity index (χ2v) is 5.75. The highest BCUT2D eigenvalue weighted by atomic mass is 16.5. The summed E-state index contributed by atoms with van der Waals surface area (Å²) < 4.78 is 5.12. The fourth-order valence-corrected chi connectivity index (χ4v) is 2.41. The Morgan fingerprint density at radius 3 is 2.46 bits per heavy atom. The van der Waals surface area contributed by atoms with E-state index in [1.807, 2.05) is 55.5 Å². The van der Waals surface area contributed by atoms with E-state index in [0.29, 0.717) is 12.4 Å². The summed E-state index contributed by atoms with van der Waals surface area (Å²) in [6.45, 7) is 2.47. The number of carbonyl (C=O) groups is 1. The Labute approximate surface area is 152 Å². The van der Waals surface area contributed by atoms with Gasteiger partial charge in [0, 0.05) is 12.2 Å². The average Bonchev–Trinajstić information content (AvgIpc) is 2.68.